The molecule has 3 N–H and O–H groups in total. The maximum atomic E-state index is 8.82. The Labute approximate surface area is 83.1 Å². The van der Waals surface area contributed by atoms with Crippen LogP contribution < -0.4 is 5.73 Å². The lowest BCUT2D eigenvalue weighted by molar-refractivity contribution is 0.250. The van der Waals surface area contributed by atoms with Gasteiger partial charge >= 0.3 is 0 Å². The highest BCUT2D eigenvalue weighted by Gasteiger charge is 2.00. The lowest BCUT2D eigenvalue weighted by Crippen LogP contribution is -2.02. The van der Waals surface area contributed by atoms with Crippen LogP contribution in [0.3, 0.4) is 0 Å². The van der Waals surface area contributed by atoms with Crippen LogP contribution in [0, 0.1) is 5.92 Å². The van der Waals surface area contributed by atoms with E-state index in [1.54, 1.807) is 11.8 Å². The Balaban J connectivity index is 2.41. The van der Waals surface area contributed by atoms with Crippen LogP contribution in [-0.2, 0) is 0 Å². The summed E-state index contributed by atoms with van der Waals surface area (Å²) < 4.78 is 0. The van der Waals surface area contributed by atoms with E-state index in [2.05, 4.69) is 0 Å². The molecule has 72 valence electrons. The standard InChI is InChI=1S/C10H15NOS/c1-8(6-12)7-13-10-4-2-9(11)3-5-10/h2-5,8,12H,6-7,11H2,1H3. The summed E-state index contributed by atoms with van der Waals surface area (Å²) in [6, 6.07) is 7.80. The van der Waals surface area contributed by atoms with Crippen molar-refractivity contribution in [1.82, 2.24) is 0 Å². The highest BCUT2D eigenvalue weighted by molar-refractivity contribution is 7.99. The molecule has 2 nitrogen and oxygen atoms in total. The number of aliphatic hydroxyl groups excluding tert-OH is 1. The van der Waals surface area contributed by atoms with Gasteiger partial charge in [-0.1, -0.05) is 6.92 Å². The number of nitrogens with two attached hydrogens (primary N) is 1. The first kappa shape index (κ1) is 10.4. The molecule has 0 aliphatic rings. The van der Waals surface area contributed by atoms with Crippen LogP contribution in [0.2, 0.25) is 0 Å². The second kappa shape index (κ2) is 5.14. The van der Waals surface area contributed by atoms with Crippen molar-refractivity contribution in [1.29, 1.82) is 0 Å². The first-order valence-corrected chi connectivity index (χ1v) is 5.30. The van der Waals surface area contributed by atoms with Gasteiger partial charge in [0, 0.05) is 22.9 Å². The smallest absolute Gasteiger partial charge is 0.0464 e. The topological polar surface area (TPSA) is 46.2 Å². The summed E-state index contributed by atoms with van der Waals surface area (Å²) in [7, 11) is 0. The third kappa shape index (κ3) is 3.70. The number of hydrogen-bond donors (Lipinski definition) is 2. The van der Waals surface area contributed by atoms with E-state index < -0.39 is 0 Å². The fourth-order valence-corrected chi connectivity index (χ4v) is 1.77. The maximum Gasteiger partial charge on any atom is 0.0464 e. The average Bonchev–Trinajstić information content (AvgIpc) is 2.16. The molecule has 1 rings (SSSR count). The Hall–Kier alpha value is -0.670. The number of rotatable bonds is 4. The molecule has 0 aromatic heterocycles. The summed E-state index contributed by atoms with van der Waals surface area (Å²) in [5, 5.41) is 8.82. The third-order valence-electron chi connectivity index (χ3n) is 1.73. The lowest BCUT2D eigenvalue weighted by Gasteiger charge is -2.06. The number of thioether (sulfide) groups is 1. The Morgan fingerprint density at radius 3 is 2.54 bits per heavy atom. The fourth-order valence-electron chi connectivity index (χ4n) is 0.855. The van der Waals surface area contributed by atoms with Gasteiger partial charge in [0.15, 0.2) is 0 Å². The van der Waals surface area contributed by atoms with Crippen molar-refractivity contribution in [3.05, 3.63) is 24.3 Å². The van der Waals surface area contributed by atoms with Gasteiger partial charge in [-0.2, -0.15) is 0 Å². The summed E-state index contributed by atoms with van der Waals surface area (Å²) in [5.41, 5.74) is 6.35. The zero-order valence-corrected chi connectivity index (χ0v) is 8.55. The quantitative estimate of drug-likeness (QED) is 0.573. The molecule has 0 radical (unpaired) electrons. The molecule has 0 aliphatic heterocycles. The van der Waals surface area contributed by atoms with E-state index >= 15 is 0 Å². The van der Waals surface area contributed by atoms with Crippen LogP contribution in [0.5, 0.6) is 0 Å². The predicted molar refractivity (Wildman–Crippen MR) is 57.8 cm³/mol. The van der Waals surface area contributed by atoms with Crippen molar-refractivity contribution in [2.24, 2.45) is 5.92 Å². The van der Waals surface area contributed by atoms with Gasteiger partial charge in [-0.05, 0) is 30.2 Å². The van der Waals surface area contributed by atoms with Crippen LogP contribution in [0.4, 0.5) is 5.69 Å². The van der Waals surface area contributed by atoms with Crippen molar-refractivity contribution < 1.29 is 5.11 Å². The summed E-state index contributed by atoms with van der Waals surface area (Å²) in [4.78, 5) is 1.20. The van der Waals surface area contributed by atoms with Crippen LogP contribution in [0.15, 0.2) is 29.2 Å². The second-order valence-electron chi connectivity index (χ2n) is 3.17. The molecule has 13 heavy (non-hydrogen) atoms. The average molecular weight is 197 g/mol. The molecule has 0 saturated carbocycles. The zero-order valence-electron chi connectivity index (χ0n) is 7.73. The first-order chi connectivity index (χ1) is 6.22. The number of nitrogen functional groups attached to an aromatic ring is 1. The molecule has 0 aliphatic carbocycles. The minimum absolute atomic E-state index is 0.252. The van der Waals surface area contributed by atoms with Crippen molar-refractivity contribution in [2.75, 3.05) is 18.1 Å². The molecule has 1 aromatic rings. The molecular formula is C10H15NOS. The monoisotopic (exact) mass is 197 g/mol. The highest BCUT2D eigenvalue weighted by atomic mass is 32.2. The number of anilines is 1. The summed E-state index contributed by atoms with van der Waals surface area (Å²) in [6.45, 7) is 2.28. The van der Waals surface area contributed by atoms with Crippen molar-refractivity contribution in [2.45, 2.75) is 11.8 Å². The SMILES string of the molecule is CC(CO)CSc1ccc(N)cc1. The minimum atomic E-state index is 0.252. The van der Waals surface area contributed by atoms with Crippen LogP contribution in [0.25, 0.3) is 0 Å². The van der Waals surface area contributed by atoms with E-state index in [1.165, 1.54) is 4.90 Å². The minimum Gasteiger partial charge on any atom is -0.399 e. The Morgan fingerprint density at radius 1 is 1.38 bits per heavy atom. The van der Waals surface area contributed by atoms with Crippen molar-refractivity contribution >= 4 is 17.4 Å². The van der Waals surface area contributed by atoms with E-state index in [9.17, 15) is 0 Å². The molecule has 1 aromatic carbocycles. The lowest BCUT2D eigenvalue weighted by atomic mass is 10.2. The normalized spacial score (nSPS) is 12.8. The molecule has 0 fully saturated rings. The first-order valence-electron chi connectivity index (χ1n) is 4.31. The van der Waals surface area contributed by atoms with Crippen molar-refractivity contribution in [3.8, 4) is 0 Å². The van der Waals surface area contributed by atoms with Gasteiger partial charge < -0.3 is 10.8 Å². The molecule has 0 bridgehead atoms. The highest BCUT2D eigenvalue weighted by Crippen LogP contribution is 2.21. The van der Waals surface area contributed by atoms with Gasteiger partial charge in [-0.15, -0.1) is 11.8 Å². The molecule has 0 saturated heterocycles. The van der Waals surface area contributed by atoms with E-state index in [1.807, 2.05) is 31.2 Å². The van der Waals surface area contributed by atoms with Crippen LogP contribution in [-0.4, -0.2) is 17.5 Å². The number of benzene rings is 1. The van der Waals surface area contributed by atoms with E-state index in [-0.39, 0.29) is 6.61 Å². The van der Waals surface area contributed by atoms with Crippen LogP contribution >= 0.6 is 11.8 Å². The predicted octanol–water partition coefficient (Wildman–Crippen LogP) is 1.99. The van der Waals surface area contributed by atoms with Crippen molar-refractivity contribution in [3.63, 3.8) is 0 Å². The molecule has 0 spiro atoms. The van der Waals surface area contributed by atoms with Gasteiger partial charge in [0.2, 0.25) is 0 Å². The molecule has 0 amide bonds. The summed E-state index contributed by atoms with van der Waals surface area (Å²) >= 11 is 1.75. The third-order valence-corrected chi connectivity index (χ3v) is 3.07. The molecule has 3 heteroatoms. The Kier molecular flexibility index (Phi) is 4.12. The van der Waals surface area contributed by atoms with E-state index in [4.69, 9.17) is 10.8 Å². The molecule has 0 heterocycles. The summed E-state index contributed by atoms with van der Waals surface area (Å²) in [6.07, 6.45) is 0. The van der Waals surface area contributed by atoms with Gasteiger partial charge in [-0.25, -0.2) is 0 Å². The van der Waals surface area contributed by atoms with Gasteiger partial charge in [0.05, 0.1) is 0 Å². The number of hydrogen-bond acceptors (Lipinski definition) is 3. The molecule has 1 unspecified atom stereocenters. The number of aliphatic hydroxyl groups is 1. The zero-order chi connectivity index (χ0) is 9.68. The second-order valence-corrected chi connectivity index (χ2v) is 4.26. The van der Waals surface area contributed by atoms with Gasteiger partial charge in [-0.3, -0.25) is 0 Å². The Morgan fingerprint density at radius 2 is 2.00 bits per heavy atom. The van der Waals surface area contributed by atoms with Gasteiger partial charge in [0.25, 0.3) is 0 Å². The summed E-state index contributed by atoms with van der Waals surface area (Å²) in [5.74, 6) is 1.29. The van der Waals surface area contributed by atoms with E-state index in [0.29, 0.717) is 5.92 Å². The molecular weight excluding hydrogens is 182 g/mol. The maximum absolute atomic E-state index is 8.82. The van der Waals surface area contributed by atoms with Crippen LogP contribution in [0.1, 0.15) is 6.92 Å². The fraction of sp³-hybridized carbons (Fsp3) is 0.400. The molecule has 1 atom stereocenters. The van der Waals surface area contributed by atoms with Gasteiger partial charge in [0.1, 0.15) is 0 Å². The largest absolute Gasteiger partial charge is 0.399 e. The Bertz CT molecular complexity index is 248. The van der Waals surface area contributed by atoms with E-state index in [0.717, 1.165) is 11.4 Å².